The van der Waals surface area contributed by atoms with Gasteiger partial charge in [-0.2, -0.15) is 0 Å². The number of alkyl halides is 1. The maximum absolute atomic E-state index is 15.1. The Bertz CT molecular complexity index is 1520. The van der Waals surface area contributed by atoms with Crippen LogP contribution in [0, 0.1) is 17.6 Å². The molecular formula is C30H31ClF3N3O5. The summed E-state index contributed by atoms with van der Waals surface area (Å²) in [5.74, 6) is -3.73. The standard InChI is InChI=1S/C30H31ClF3N3O5/c1-36-14-21(28-23(33)3-2-4-26(28)36)29(39)35-25-12-24(34)17(9-22(25)31)10-27(38)37-13-18(32)11-19(37)15-42-20-7-5-16(6-8-20)30(40)41/h2-4,9,12,14,16,18-20H,5-8,10-11,13,15H2,1H3,(H,35,39)(H,40,41)/t16-,18-,19-,20-/m0/s1. The molecule has 224 valence electrons. The molecule has 2 aromatic carbocycles. The average molecular weight is 606 g/mol. The highest BCUT2D eigenvalue weighted by Gasteiger charge is 2.37. The number of carboxylic acid groups (broad SMARTS) is 1. The zero-order valence-corrected chi connectivity index (χ0v) is 23.7. The zero-order valence-electron chi connectivity index (χ0n) is 22.9. The van der Waals surface area contributed by atoms with Crippen LogP contribution in [0.2, 0.25) is 5.02 Å². The summed E-state index contributed by atoms with van der Waals surface area (Å²) in [4.78, 5) is 38.6. The van der Waals surface area contributed by atoms with Gasteiger partial charge in [-0.1, -0.05) is 17.7 Å². The van der Waals surface area contributed by atoms with Crippen molar-refractivity contribution in [2.75, 3.05) is 18.5 Å². The third kappa shape index (κ3) is 6.27. The summed E-state index contributed by atoms with van der Waals surface area (Å²) in [5, 5.41) is 11.8. The number of fused-ring (bicyclic) bond motifs is 1. The van der Waals surface area contributed by atoms with Crippen LogP contribution in [0.25, 0.3) is 10.9 Å². The molecule has 42 heavy (non-hydrogen) atoms. The van der Waals surface area contributed by atoms with Crippen molar-refractivity contribution in [1.29, 1.82) is 0 Å². The summed E-state index contributed by atoms with van der Waals surface area (Å²) in [5.41, 5.74) is 0.503. The first-order chi connectivity index (χ1) is 20.0. The Balaban J connectivity index is 1.23. The van der Waals surface area contributed by atoms with Crippen molar-refractivity contribution in [3.8, 4) is 0 Å². The van der Waals surface area contributed by atoms with E-state index in [9.17, 15) is 23.2 Å². The van der Waals surface area contributed by atoms with Crippen LogP contribution >= 0.6 is 11.6 Å². The molecule has 8 nitrogen and oxygen atoms in total. The van der Waals surface area contributed by atoms with Crippen molar-refractivity contribution in [3.05, 3.63) is 64.3 Å². The molecule has 1 saturated carbocycles. The minimum absolute atomic E-state index is 0.0186. The first kappa shape index (κ1) is 29.9. The summed E-state index contributed by atoms with van der Waals surface area (Å²) in [6.45, 7) is -0.0266. The van der Waals surface area contributed by atoms with Crippen LogP contribution in [-0.4, -0.2) is 63.8 Å². The number of nitrogens with one attached hydrogen (secondary N) is 1. The number of amides is 2. The fourth-order valence-electron chi connectivity index (χ4n) is 5.89. The normalized spacial score (nSPS) is 22.5. The van der Waals surface area contributed by atoms with Gasteiger partial charge in [-0.05, 0) is 55.5 Å². The number of benzene rings is 2. The summed E-state index contributed by atoms with van der Waals surface area (Å²) in [6.07, 6.45) is 1.98. The Morgan fingerprint density at radius 1 is 1.12 bits per heavy atom. The maximum atomic E-state index is 15.1. The second-order valence-corrected chi connectivity index (χ2v) is 11.4. The molecule has 0 radical (unpaired) electrons. The third-order valence-corrected chi connectivity index (χ3v) is 8.48. The van der Waals surface area contributed by atoms with Gasteiger partial charge in [-0.15, -0.1) is 0 Å². The Morgan fingerprint density at radius 2 is 1.86 bits per heavy atom. The quantitative estimate of drug-likeness (QED) is 0.353. The Hall–Kier alpha value is -3.57. The van der Waals surface area contributed by atoms with Gasteiger partial charge in [0.25, 0.3) is 5.91 Å². The monoisotopic (exact) mass is 605 g/mol. The molecule has 0 unspecified atom stereocenters. The highest BCUT2D eigenvalue weighted by molar-refractivity contribution is 6.34. The van der Waals surface area contributed by atoms with E-state index < -0.39 is 41.6 Å². The van der Waals surface area contributed by atoms with Gasteiger partial charge < -0.3 is 24.6 Å². The predicted molar refractivity (Wildman–Crippen MR) is 150 cm³/mol. The lowest BCUT2D eigenvalue weighted by Gasteiger charge is -2.30. The SMILES string of the molecule is Cn1cc(C(=O)Nc2cc(F)c(CC(=O)N3C[C@@H](F)C[C@H]3CO[C@H]3CC[C@H](C(=O)O)CC3)cc2Cl)c2c(F)cccc21. The molecular weight excluding hydrogens is 575 g/mol. The molecule has 0 spiro atoms. The number of halogens is 4. The van der Waals surface area contributed by atoms with Crippen LogP contribution in [0.3, 0.4) is 0 Å². The van der Waals surface area contributed by atoms with Crippen molar-refractivity contribution in [2.24, 2.45) is 13.0 Å². The molecule has 1 saturated heterocycles. The number of nitrogens with zero attached hydrogens (tertiary/aromatic N) is 2. The molecule has 2 amide bonds. The fraction of sp³-hybridized carbons (Fsp3) is 0.433. The lowest BCUT2D eigenvalue weighted by Crippen LogP contribution is -2.40. The van der Waals surface area contributed by atoms with E-state index in [2.05, 4.69) is 5.32 Å². The molecule has 2 fully saturated rings. The number of carbonyl (C=O) groups excluding carboxylic acids is 2. The Kier molecular flexibility index (Phi) is 8.79. The zero-order chi connectivity index (χ0) is 30.1. The van der Waals surface area contributed by atoms with E-state index in [0.717, 1.165) is 6.07 Å². The number of likely N-dealkylation sites (tertiary alicyclic amines) is 1. The van der Waals surface area contributed by atoms with Crippen molar-refractivity contribution in [1.82, 2.24) is 9.47 Å². The summed E-state index contributed by atoms with van der Waals surface area (Å²) in [7, 11) is 1.67. The van der Waals surface area contributed by atoms with E-state index >= 15 is 4.39 Å². The highest BCUT2D eigenvalue weighted by Crippen LogP contribution is 2.31. The molecule has 12 heteroatoms. The van der Waals surface area contributed by atoms with Crippen LogP contribution < -0.4 is 5.32 Å². The number of aliphatic carboxylic acids is 1. The van der Waals surface area contributed by atoms with Crippen LogP contribution in [0.15, 0.2) is 36.5 Å². The lowest BCUT2D eigenvalue weighted by molar-refractivity contribution is -0.144. The van der Waals surface area contributed by atoms with Gasteiger partial charge >= 0.3 is 5.97 Å². The Morgan fingerprint density at radius 3 is 2.57 bits per heavy atom. The van der Waals surface area contributed by atoms with Gasteiger partial charge in [-0.25, -0.2) is 13.2 Å². The molecule has 2 atom stereocenters. The molecule has 2 aliphatic rings. The second kappa shape index (κ2) is 12.3. The van der Waals surface area contributed by atoms with Crippen molar-refractivity contribution in [3.63, 3.8) is 0 Å². The minimum Gasteiger partial charge on any atom is -0.481 e. The first-order valence-electron chi connectivity index (χ1n) is 13.8. The molecule has 1 aromatic heterocycles. The molecule has 1 aliphatic heterocycles. The number of carboxylic acids is 1. The minimum atomic E-state index is -1.24. The number of rotatable bonds is 8. The van der Waals surface area contributed by atoms with Gasteiger partial charge in [0.1, 0.15) is 17.8 Å². The van der Waals surface area contributed by atoms with E-state index in [4.69, 9.17) is 21.4 Å². The molecule has 2 N–H and O–H groups in total. The van der Waals surface area contributed by atoms with E-state index in [-0.39, 0.29) is 65.2 Å². The van der Waals surface area contributed by atoms with E-state index in [1.165, 1.54) is 29.3 Å². The largest absolute Gasteiger partial charge is 0.481 e. The topological polar surface area (TPSA) is 101 Å². The number of hydrogen-bond acceptors (Lipinski definition) is 4. The van der Waals surface area contributed by atoms with Gasteiger partial charge in [0, 0.05) is 25.1 Å². The van der Waals surface area contributed by atoms with Gasteiger partial charge in [0.2, 0.25) is 5.91 Å². The van der Waals surface area contributed by atoms with Gasteiger partial charge in [0.15, 0.2) is 0 Å². The average Bonchev–Trinajstić information content (AvgIpc) is 3.50. The van der Waals surface area contributed by atoms with Gasteiger partial charge in [-0.3, -0.25) is 14.4 Å². The van der Waals surface area contributed by atoms with E-state index in [0.29, 0.717) is 31.2 Å². The first-order valence-corrected chi connectivity index (χ1v) is 14.2. The van der Waals surface area contributed by atoms with E-state index in [1.54, 1.807) is 17.7 Å². The van der Waals surface area contributed by atoms with Crippen LogP contribution in [-0.2, 0) is 27.8 Å². The van der Waals surface area contributed by atoms with E-state index in [1.807, 2.05) is 0 Å². The van der Waals surface area contributed by atoms with Gasteiger partial charge in [0.05, 0.1) is 59.4 Å². The number of aryl methyl sites for hydroxylation is 1. The van der Waals surface area contributed by atoms with Crippen LogP contribution in [0.5, 0.6) is 0 Å². The molecule has 1 aliphatic carbocycles. The second-order valence-electron chi connectivity index (χ2n) is 11.0. The fourth-order valence-corrected chi connectivity index (χ4v) is 6.13. The lowest BCUT2D eigenvalue weighted by atomic mass is 9.87. The molecule has 5 rings (SSSR count). The Labute approximate surface area is 245 Å². The highest BCUT2D eigenvalue weighted by atomic mass is 35.5. The van der Waals surface area contributed by atoms with Crippen LogP contribution in [0.4, 0.5) is 18.9 Å². The smallest absolute Gasteiger partial charge is 0.306 e. The summed E-state index contributed by atoms with van der Waals surface area (Å²) in [6, 6.07) is 6.16. The third-order valence-electron chi connectivity index (χ3n) is 8.17. The number of aromatic nitrogens is 1. The number of ether oxygens (including phenoxy) is 1. The maximum Gasteiger partial charge on any atom is 0.306 e. The molecule has 3 aromatic rings. The molecule has 2 heterocycles. The van der Waals surface area contributed by atoms with Crippen molar-refractivity contribution < 1.29 is 37.4 Å². The van der Waals surface area contributed by atoms with Crippen molar-refractivity contribution in [2.45, 2.75) is 56.8 Å². The number of hydrogen-bond donors (Lipinski definition) is 2. The molecule has 0 bridgehead atoms. The number of carbonyl (C=O) groups is 3. The number of anilines is 1. The predicted octanol–water partition coefficient (Wildman–Crippen LogP) is 5.50. The summed E-state index contributed by atoms with van der Waals surface area (Å²) >= 11 is 6.35. The van der Waals surface area contributed by atoms with Crippen molar-refractivity contribution >= 4 is 46.0 Å². The van der Waals surface area contributed by atoms with Crippen LogP contribution in [0.1, 0.15) is 48.0 Å². The summed E-state index contributed by atoms with van der Waals surface area (Å²) < 4.78 is 51.5.